The fourth-order valence-electron chi connectivity index (χ4n) is 3.60. The molecule has 1 aliphatic heterocycles. The van der Waals surface area contributed by atoms with Crippen molar-refractivity contribution < 1.29 is 4.74 Å². The Balaban J connectivity index is 1.73. The van der Waals surface area contributed by atoms with E-state index < -0.39 is 6.04 Å². The third kappa shape index (κ3) is 4.03. The molecule has 0 saturated heterocycles. The van der Waals surface area contributed by atoms with E-state index in [1.165, 1.54) is 0 Å². The maximum Gasteiger partial charge on any atom is 0.159 e. The molecule has 0 aliphatic carbocycles. The first-order chi connectivity index (χ1) is 14.2. The second-order valence-corrected chi connectivity index (χ2v) is 7.78. The fourth-order valence-corrected chi connectivity index (χ4v) is 3.86. The highest BCUT2D eigenvalue weighted by Crippen LogP contribution is 2.39. The predicted molar refractivity (Wildman–Crippen MR) is 118 cm³/mol. The monoisotopic (exact) mass is 445 g/mol. The molecule has 0 N–H and O–H groups in total. The van der Waals surface area contributed by atoms with Crippen LogP contribution in [-0.2, 0) is 0 Å². The van der Waals surface area contributed by atoms with Gasteiger partial charge in [-0.25, -0.2) is 0 Å². The van der Waals surface area contributed by atoms with E-state index in [1.807, 2.05) is 71.7 Å². The molecule has 0 saturated carbocycles. The maximum absolute atomic E-state index is 10.0. The molecule has 0 unspecified atom stereocenters. The van der Waals surface area contributed by atoms with Gasteiger partial charge in [-0.15, -0.1) is 0 Å². The minimum atomic E-state index is -0.468. The average Bonchev–Trinajstić information content (AvgIpc) is 3.21. The summed E-state index contributed by atoms with van der Waals surface area (Å²) in [7, 11) is 1.66. The molecule has 29 heavy (non-hydrogen) atoms. The summed E-state index contributed by atoms with van der Waals surface area (Å²) in [6, 6.07) is 28.0. The van der Waals surface area contributed by atoms with Gasteiger partial charge >= 0.3 is 0 Å². The van der Waals surface area contributed by atoms with Crippen LogP contribution in [0.5, 0.6) is 5.75 Å². The summed E-state index contributed by atoms with van der Waals surface area (Å²) in [6.45, 7) is 0. The van der Waals surface area contributed by atoms with Gasteiger partial charge < -0.3 is 4.74 Å². The van der Waals surface area contributed by atoms with Gasteiger partial charge in [-0.1, -0.05) is 58.4 Å². The minimum Gasteiger partial charge on any atom is -0.497 e. The summed E-state index contributed by atoms with van der Waals surface area (Å²) in [5.41, 5.74) is 4.09. The number of methoxy groups -OCH3 is 1. The summed E-state index contributed by atoms with van der Waals surface area (Å²) >= 11 is 3.47. The van der Waals surface area contributed by atoms with Gasteiger partial charge in [0.15, 0.2) is 6.04 Å². The molecule has 144 valence electrons. The van der Waals surface area contributed by atoms with Gasteiger partial charge in [0, 0.05) is 10.9 Å². The largest absolute Gasteiger partial charge is 0.497 e. The zero-order chi connectivity index (χ0) is 20.2. The Morgan fingerprint density at radius 3 is 2.34 bits per heavy atom. The van der Waals surface area contributed by atoms with Gasteiger partial charge in [0.25, 0.3) is 0 Å². The molecule has 1 aliphatic rings. The number of hydrogen-bond acceptors (Lipinski definition) is 4. The first-order valence-electron chi connectivity index (χ1n) is 9.40. The Morgan fingerprint density at radius 1 is 1.03 bits per heavy atom. The Hall–Kier alpha value is -3.10. The quantitative estimate of drug-likeness (QED) is 0.492. The molecule has 0 spiro atoms. The molecule has 4 rings (SSSR count). The van der Waals surface area contributed by atoms with E-state index in [0.717, 1.165) is 39.0 Å². The van der Waals surface area contributed by atoms with E-state index in [2.05, 4.69) is 34.1 Å². The third-order valence-electron chi connectivity index (χ3n) is 5.12. The van der Waals surface area contributed by atoms with Gasteiger partial charge in [0.1, 0.15) is 5.75 Å². The Bertz CT molecular complexity index is 1040. The van der Waals surface area contributed by atoms with Crippen molar-refractivity contribution in [2.45, 2.75) is 18.5 Å². The van der Waals surface area contributed by atoms with Crippen LogP contribution in [0, 0.1) is 11.3 Å². The molecule has 0 aromatic heterocycles. The van der Waals surface area contributed by atoms with Gasteiger partial charge in [0.05, 0.1) is 24.9 Å². The average molecular weight is 446 g/mol. The summed E-state index contributed by atoms with van der Waals surface area (Å²) < 4.78 is 6.26. The van der Waals surface area contributed by atoms with Crippen LogP contribution in [0.3, 0.4) is 0 Å². The molecule has 0 radical (unpaired) electrons. The molecular formula is C24H20BrN3O. The standard InChI is InChI=1S/C24H20BrN3O/c1-29-21-13-9-17(10-14-21)22-15-23(18-5-3-2-4-6-18)28(27-22)24(16-26)19-7-11-20(25)12-8-19/h2-14,23-24H,15H2,1H3/t23-,24-/m1/s1. The number of nitriles is 1. The lowest BCUT2D eigenvalue weighted by Gasteiger charge is -2.28. The zero-order valence-corrected chi connectivity index (χ0v) is 17.6. The van der Waals surface area contributed by atoms with E-state index in [1.54, 1.807) is 7.11 Å². The summed E-state index contributed by atoms with van der Waals surface area (Å²) in [4.78, 5) is 0. The molecule has 5 heteroatoms. The number of benzene rings is 3. The highest BCUT2D eigenvalue weighted by Gasteiger charge is 2.34. The van der Waals surface area contributed by atoms with Crippen molar-refractivity contribution in [1.29, 1.82) is 5.26 Å². The Morgan fingerprint density at radius 2 is 1.72 bits per heavy atom. The van der Waals surface area contributed by atoms with Crippen LogP contribution < -0.4 is 4.74 Å². The lowest BCUT2D eigenvalue weighted by atomic mass is 9.97. The molecule has 0 amide bonds. The predicted octanol–water partition coefficient (Wildman–Crippen LogP) is 5.87. The second-order valence-electron chi connectivity index (χ2n) is 6.87. The molecule has 0 bridgehead atoms. The van der Waals surface area contributed by atoms with Crippen LogP contribution in [0.1, 0.15) is 35.2 Å². The highest BCUT2D eigenvalue weighted by molar-refractivity contribution is 9.10. The molecule has 0 fully saturated rings. The van der Waals surface area contributed by atoms with Crippen LogP contribution >= 0.6 is 15.9 Å². The van der Waals surface area contributed by atoms with Crippen molar-refractivity contribution in [3.05, 3.63) is 100 Å². The molecular weight excluding hydrogens is 426 g/mol. The molecule has 3 aromatic rings. The number of halogens is 1. The lowest BCUT2D eigenvalue weighted by Crippen LogP contribution is -2.24. The van der Waals surface area contributed by atoms with E-state index in [4.69, 9.17) is 9.84 Å². The first-order valence-corrected chi connectivity index (χ1v) is 10.2. The zero-order valence-electron chi connectivity index (χ0n) is 16.0. The number of hydrogen-bond donors (Lipinski definition) is 0. The van der Waals surface area contributed by atoms with Crippen molar-refractivity contribution >= 4 is 21.6 Å². The van der Waals surface area contributed by atoms with Crippen molar-refractivity contribution in [3.63, 3.8) is 0 Å². The van der Waals surface area contributed by atoms with Crippen molar-refractivity contribution in [2.24, 2.45) is 5.10 Å². The van der Waals surface area contributed by atoms with Crippen molar-refractivity contribution in [3.8, 4) is 11.8 Å². The van der Waals surface area contributed by atoms with Gasteiger partial charge in [-0.2, -0.15) is 10.4 Å². The molecule has 1 heterocycles. The van der Waals surface area contributed by atoms with Gasteiger partial charge in [-0.3, -0.25) is 5.01 Å². The van der Waals surface area contributed by atoms with Crippen LogP contribution in [0.15, 0.2) is 88.4 Å². The van der Waals surface area contributed by atoms with Gasteiger partial charge in [0.2, 0.25) is 0 Å². The fraction of sp³-hybridized carbons (Fsp3) is 0.167. The van der Waals surface area contributed by atoms with E-state index >= 15 is 0 Å². The van der Waals surface area contributed by atoms with Crippen LogP contribution in [-0.4, -0.2) is 17.8 Å². The number of rotatable bonds is 5. The maximum atomic E-state index is 10.0. The summed E-state index contributed by atoms with van der Waals surface area (Å²) in [5.74, 6) is 0.813. The number of ether oxygens (including phenoxy) is 1. The minimum absolute atomic E-state index is 0.00148. The first kappa shape index (κ1) is 19.2. The normalized spacial score (nSPS) is 16.8. The Labute approximate surface area is 179 Å². The lowest BCUT2D eigenvalue weighted by molar-refractivity contribution is 0.196. The van der Waals surface area contributed by atoms with Crippen LogP contribution in [0.4, 0.5) is 0 Å². The van der Waals surface area contributed by atoms with Crippen molar-refractivity contribution in [1.82, 2.24) is 5.01 Å². The number of nitrogens with zero attached hydrogens (tertiary/aromatic N) is 3. The van der Waals surface area contributed by atoms with E-state index in [0.29, 0.717) is 0 Å². The summed E-state index contributed by atoms with van der Waals surface area (Å²) in [6.07, 6.45) is 0.741. The molecule has 2 atom stereocenters. The number of hydrazone groups is 1. The van der Waals surface area contributed by atoms with Crippen LogP contribution in [0.2, 0.25) is 0 Å². The smallest absolute Gasteiger partial charge is 0.159 e. The third-order valence-corrected chi connectivity index (χ3v) is 5.65. The summed E-state index contributed by atoms with van der Waals surface area (Å²) in [5, 5.41) is 16.9. The highest BCUT2D eigenvalue weighted by atomic mass is 79.9. The Kier molecular flexibility index (Phi) is 5.64. The van der Waals surface area contributed by atoms with Crippen LogP contribution in [0.25, 0.3) is 0 Å². The molecule has 3 aromatic carbocycles. The topological polar surface area (TPSA) is 48.6 Å². The van der Waals surface area contributed by atoms with E-state index in [9.17, 15) is 5.26 Å². The SMILES string of the molecule is COc1ccc(C2=NN([C@H](C#N)c3ccc(Br)cc3)[C@@H](c3ccccc3)C2)cc1. The van der Waals surface area contributed by atoms with E-state index in [-0.39, 0.29) is 6.04 Å². The second kappa shape index (κ2) is 8.50. The van der Waals surface area contributed by atoms with Crippen molar-refractivity contribution in [2.75, 3.05) is 7.11 Å². The molecule has 4 nitrogen and oxygen atoms in total. The van der Waals surface area contributed by atoms with Gasteiger partial charge in [-0.05, 0) is 53.1 Å².